The van der Waals surface area contributed by atoms with Gasteiger partial charge in [-0.05, 0) is 30.5 Å². The van der Waals surface area contributed by atoms with Crippen molar-refractivity contribution in [2.75, 3.05) is 13.1 Å². The van der Waals surface area contributed by atoms with Crippen molar-refractivity contribution in [1.82, 2.24) is 4.90 Å². The van der Waals surface area contributed by atoms with Crippen molar-refractivity contribution in [3.05, 3.63) is 39.9 Å². The molecule has 1 heterocycles. The Labute approximate surface area is 205 Å². The van der Waals surface area contributed by atoms with Gasteiger partial charge >= 0.3 is 37.3 Å². The first-order valence-corrected chi connectivity index (χ1v) is 12.0. The molecule has 0 saturated carbocycles. The van der Waals surface area contributed by atoms with E-state index in [1.807, 2.05) is 0 Å². The highest BCUT2D eigenvalue weighted by Crippen LogP contribution is 2.21. The van der Waals surface area contributed by atoms with E-state index in [4.69, 9.17) is 35.9 Å². The van der Waals surface area contributed by atoms with Gasteiger partial charge in [-0.2, -0.15) is 48.4 Å². The normalized spacial score (nSPS) is 13.4. The first kappa shape index (κ1) is 35.9. The molecular formula is C16H19F6N3O10S2. The number of hydrogen-bond acceptors (Lipinski definition) is 9. The van der Waals surface area contributed by atoms with Crippen molar-refractivity contribution < 1.29 is 66.7 Å². The third-order valence-corrected chi connectivity index (χ3v) is 4.63. The first-order chi connectivity index (χ1) is 16.6. The Morgan fingerprint density at radius 1 is 1.03 bits per heavy atom. The largest absolute Gasteiger partial charge is 0.522 e. The molecule has 37 heavy (non-hydrogen) atoms. The van der Waals surface area contributed by atoms with Gasteiger partial charge in [-0.1, -0.05) is 0 Å². The second-order valence-electron chi connectivity index (χ2n) is 6.24. The van der Waals surface area contributed by atoms with Crippen LogP contribution in [0.15, 0.2) is 24.3 Å². The number of likely N-dealkylation sites (tertiary alicyclic amines) is 1. The number of carbonyl (C=O) groups excluding carboxylic acids is 1. The molecule has 1 aromatic rings. The number of nitro groups is 1. The number of nitrogens with zero attached hydrogens (tertiary/aromatic N) is 3. The number of ether oxygens (including phenoxy) is 1. The molecule has 0 spiro atoms. The van der Waals surface area contributed by atoms with Gasteiger partial charge in [0.2, 0.25) is 0 Å². The summed E-state index contributed by atoms with van der Waals surface area (Å²) in [5, 5.41) is 17.8. The van der Waals surface area contributed by atoms with Gasteiger partial charge in [-0.3, -0.25) is 19.2 Å². The van der Waals surface area contributed by atoms with Crippen molar-refractivity contribution in [2.45, 2.75) is 37.4 Å². The number of halogens is 6. The van der Waals surface area contributed by atoms with E-state index in [1.54, 1.807) is 23.1 Å². The van der Waals surface area contributed by atoms with E-state index in [0.717, 1.165) is 31.5 Å². The Morgan fingerprint density at radius 2 is 1.35 bits per heavy atom. The molecule has 1 aliphatic heterocycles. The van der Waals surface area contributed by atoms with E-state index in [9.17, 15) is 41.3 Å². The molecule has 0 radical (unpaired) electrons. The van der Waals surface area contributed by atoms with Crippen molar-refractivity contribution in [3.63, 3.8) is 0 Å². The van der Waals surface area contributed by atoms with Gasteiger partial charge in [0.05, 0.1) is 11.0 Å². The van der Waals surface area contributed by atoms with Crippen LogP contribution in [0, 0.1) is 21.4 Å². The average molecular weight is 591 g/mol. The van der Waals surface area contributed by atoms with Crippen LogP contribution in [0.1, 0.15) is 25.3 Å². The minimum Gasteiger partial charge on any atom is -0.445 e. The first-order valence-electron chi connectivity index (χ1n) is 9.11. The Bertz CT molecular complexity index is 1080. The van der Waals surface area contributed by atoms with Crippen molar-refractivity contribution in [3.8, 4) is 6.07 Å². The summed E-state index contributed by atoms with van der Waals surface area (Å²) in [5.74, 6) is 0. The number of benzene rings is 1. The Morgan fingerprint density at radius 3 is 1.62 bits per heavy atom. The van der Waals surface area contributed by atoms with E-state index in [1.165, 1.54) is 19.1 Å². The van der Waals surface area contributed by atoms with Crippen LogP contribution in [0.2, 0.25) is 0 Å². The Kier molecular flexibility index (Phi) is 14.7. The monoisotopic (exact) mass is 591 g/mol. The second-order valence-corrected chi connectivity index (χ2v) is 9.06. The summed E-state index contributed by atoms with van der Waals surface area (Å²) in [5.41, 5.74) is -10.3. The molecule has 0 unspecified atom stereocenters. The number of alkyl halides is 6. The number of non-ortho nitro benzene ring substituents is 1. The zero-order valence-corrected chi connectivity index (χ0v) is 20.1. The zero-order valence-electron chi connectivity index (χ0n) is 18.4. The van der Waals surface area contributed by atoms with Crippen LogP contribution in [0.3, 0.4) is 0 Å². The lowest BCUT2D eigenvalue weighted by molar-refractivity contribution is -0.384. The molecule has 13 nitrogen and oxygen atoms in total. The molecule has 1 fully saturated rings. The van der Waals surface area contributed by atoms with E-state index in [2.05, 4.69) is 0 Å². The minimum absolute atomic E-state index is 0.0321. The predicted octanol–water partition coefficient (Wildman–Crippen LogP) is 3.65. The molecular weight excluding hydrogens is 572 g/mol. The maximum absolute atomic E-state index is 11.6. The lowest BCUT2D eigenvalue weighted by Crippen LogP contribution is -2.28. The van der Waals surface area contributed by atoms with Crippen LogP contribution in [-0.2, 0) is 31.6 Å². The highest BCUT2D eigenvalue weighted by Gasteiger charge is 2.45. The third-order valence-electron chi connectivity index (χ3n) is 3.46. The summed E-state index contributed by atoms with van der Waals surface area (Å²) in [4.78, 5) is 23.3. The van der Waals surface area contributed by atoms with Crippen LogP contribution in [0.5, 0.6) is 0 Å². The van der Waals surface area contributed by atoms with Crippen LogP contribution in [-0.4, -0.2) is 66.0 Å². The van der Waals surface area contributed by atoms with Crippen molar-refractivity contribution in [1.29, 1.82) is 5.26 Å². The summed E-state index contributed by atoms with van der Waals surface area (Å²) in [6.07, 6.45) is 1.73. The molecule has 1 saturated heterocycles. The van der Waals surface area contributed by atoms with E-state index in [-0.39, 0.29) is 18.4 Å². The summed E-state index contributed by atoms with van der Waals surface area (Å²) in [6.45, 7) is 3.07. The minimum atomic E-state index is -5.84. The molecule has 0 aliphatic carbocycles. The molecule has 21 heteroatoms. The fourth-order valence-electron chi connectivity index (χ4n) is 1.85. The number of nitriles is 1. The fourth-order valence-corrected chi connectivity index (χ4v) is 1.85. The maximum atomic E-state index is 11.6. The Balaban J connectivity index is 0. The van der Waals surface area contributed by atoms with Gasteiger partial charge in [0, 0.05) is 32.1 Å². The number of hydrogen-bond donors (Lipinski definition) is 2. The topological polar surface area (TPSA) is 205 Å². The maximum Gasteiger partial charge on any atom is 0.522 e. The van der Waals surface area contributed by atoms with Crippen LogP contribution in [0.25, 0.3) is 0 Å². The van der Waals surface area contributed by atoms with Gasteiger partial charge in [-0.25, -0.2) is 4.79 Å². The van der Waals surface area contributed by atoms with Gasteiger partial charge in [0.25, 0.3) is 5.69 Å². The second kappa shape index (κ2) is 15.1. The van der Waals surface area contributed by atoms with Gasteiger partial charge in [0.1, 0.15) is 6.61 Å². The molecule has 1 aliphatic rings. The average Bonchev–Trinajstić information content (AvgIpc) is 3.26. The zero-order chi connectivity index (χ0) is 29.7. The molecule has 2 N–H and O–H groups in total. The SMILES string of the molecule is CC#N.O=C(OCc1ccc([N+](=O)[O-])cc1)N1CCCC1.O=S(=O)(O)C(F)(F)F.O=S(=O)(O)C(F)(F)F. The van der Waals surface area contributed by atoms with E-state index in [0.29, 0.717) is 0 Å². The van der Waals surface area contributed by atoms with Crippen molar-refractivity contribution in [2.24, 2.45) is 0 Å². The summed E-state index contributed by atoms with van der Waals surface area (Å²) in [7, 11) is -11.7. The van der Waals surface area contributed by atoms with E-state index < -0.39 is 36.2 Å². The van der Waals surface area contributed by atoms with Crippen molar-refractivity contribution >= 4 is 32.0 Å². The molecule has 0 aromatic heterocycles. The number of rotatable bonds is 3. The van der Waals surface area contributed by atoms with Crippen LogP contribution < -0.4 is 0 Å². The quantitative estimate of drug-likeness (QED) is 0.171. The highest BCUT2D eigenvalue weighted by atomic mass is 32.2. The summed E-state index contributed by atoms with van der Waals surface area (Å²) < 4.78 is 120. The number of carbonyl (C=O) groups is 1. The molecule has 1 aromatic carbocycles. The molecule has 0 bridgehead atoms. The van der Waals surface area contributed by atoms with Gasteiger partial charge in [-0.15, -0.1) is 0 Å². The van der Waals surface area contributed by atoms with E-state index >= 15 is 0 Å². The lowest BCUT2D eigenvalue weighted by atomic mass is 10.2. The Hall–Kier alpha value is -3.22. The summed E-state index contributed by atoms with van der Waals surface area (Å²) in [6, 6.07) is 7.74. The van der Waals surface area contributed by atoms with Crippen LogP contribution in [0.4, 0.5) is 36.8 Å². The third kappa shape index (κ3) is 15.5. The molecule has 2 rings (SSSR count). The number of amides is 1. The standard InChI is InChI=1S/C12H14N2O4.C2H3N.2CHF3O3S/c15-12(13-7-1-2-8-13)18-9-10-3-5-11(6-4-10)14(16)17;1-2-3;2*2-1(3,4)8(5,6)7/h3-6H,1-2,7-9H2;1H3;2*(H,5,6,7). The van der Waals surface area contributed by atoms with Gasteiger partial charge < -0.3 is 9.64 Å². The highest BCUT2D eigenvalue weighted by molar-refractivity contribution is 7.86. The molecule has 212 valence electrons. The smallest absolute Gasteiger partial charge is 0.445 e. The van der Waals surface area contributed by atoms with Crippen LogP contribution >= 0.6 is 0 Å². The van der Waals surface area contributed by atoms with Gasteiger partial charge in [0.15, 0.2) is 0 Å². The summed E-state index contributed by atoms with van der Waals surface area (Å²) >= 11 is 0. The molecule has 0 atom stereocenters. The number of nitro benzene ring substituents is 1. The fraction of sp³-hybridized carbons (Fsp3) is 0.500. The predicted molar refractivity (Wildman–Crippen MR) is 111 cm³/mol. The lowest BCUT2D eigenvalue weighted by Gasteiger charge is -2.14. The molecule has 1 amide bonds.